The van der Waals surface area contributed by atoms with E-state index in [9.17, 15) is 29.1 Å². The molecule has 2 N–H and O–H groups in total. The molecule has 3 heterocycles. The second kappa shape index (κ2) is 12.4. The summed E-state index contributed by atoms with van der Waals surface area (Å²) in [5.74, 6) is -3.74. The maximum absolute atomic E-state index is 14.1. The molecule has 0 radical (unpaired) electrons. The topological polar surface area (TPSA) is 135 Å². The number of phenolic OH excluding ortho intramolecular Hbond substituents is 1. The van der Waals surface area contributed by atoms with E-state index in [0.717, 1.165) is 28.0 Å². The first-order valence-corrected chi connectivity index (χ1v) is 16.1. The molecule has 2 aliphatic rings. The van der Waals surface area contributed by atoms with Gasteiger partial charge in [0, 0.05) is 16.5 Å². The number of esters is 1. The number of fused-ring (bicyclic) bond motifs is 2. The molecule has 0 saturated carbocycles. The average molecular weight is 685 g/mol. The lowest BCUT2D eigenvalue weighted by molar-refractivity contribution is -0.122. The Labute approximate surface area is 274 Å². The van der Waals surface area contributed by atoms with E-state index in [4.69, 9.17) is 27.9 Å². The summed E-state index contributed by atoms with van der Waals surface area (Å²) in [7, 11) is 0. The molecule has 0 unspecified atom stereocenters. The van der Waals surface area contributed by atoms with Crippen LogP contribution in [-0.2, 0) is 25.7 Å². The van der Waals surface area contributed by atoms with Crippen LogP contribution in [0.25, 0.3) is 0 Å². The van der Waals surface area contributed by atoms with E-state index >= 15 is 0 Å². The Morgan fingerprint density at radius 3 is 2.38 bits per heavy atom. The van der Waals surface area contributed by atoms with Crippen LogP contribution in [-0.4, -0.2) is 45.2 Å². The normalized spacial score (nSPS) is 18.8. The second-order valence-electron chi connectivity index (χ2n) is 10.2. The summed E-state index contributed by atoms with van der Waals surface area (Å²) in [5, 5.41) is 12.1. The Bertz CT molecular complexity index is 1910. The number of carbonyl (C=O) groups is 4. The van der Waals surface area contributed by atoms with Crippen LogP contribution >= 0.6 is 46.3 Å². The van der Waals surface area contributed by atoms with Gasteiger partial charge in [0.05, 0.1) is 38.8 Å². The summed E-state index contributed by atoms with van der Waals surface area (Å²) < 4.78 is 6.32. The Hall–Kier alpha value is -4.10. The van der Waals surface area contributed by atoms with Crippen molar-refractivity contribution in [1.29, 1.82) is 0 Å². The minimum absolute atomic E-state index is 0.0348. The van der Waals surface area contributed by atoms with E-state index in [-0.39, 0.29) is 40.2 Å². The van der Waals surface area contributed by atoms with Crippen LogP contribution in [0.4, 0.5) is 11.4 Å². The Morgan fingerprint density at radius 2 is 1.69 bits per heavy atom. The summed E-state index contributed by atoms with van der Waals surface area (Å²) in [6.45, 7) is 1.54. The van der Waals surface area contributed by atoms with Crippen LogP contribution < -0.4 is 15.1 Å². The van der Waals surface area contributed by atoms with Gasteiger partial charge in [-0.05, 0) is 67.1 Å². The van der Waals surface area contributed by atoms with E-state index in [2.05, 4.69) is 5.32 Å². The summed E-state index contributed by atoms with van der Waals surface area (Å²) in [5.41, 5.74) is 1.45. The number of rotatable bonds is 7. The first-order valence-electron chi connectivity index (χ1n) is 13.7. The molecule has 3 amide bonds. The Morgan fingerprint density at radius 1 is 0.978 bits per heavy atom. The highest BCUT2D eigenvalue weighted by atomic mass is 35.5. The predicted octanol–water partition coefficient (Wildman–Crippen LogP) is 5.53. The van der Waals surface area contributed by atoms with Crippen molar-refractivity contribution in [2.24, 2.45) is 5.92 Å². The van der Waals surface area contributed by atoms with Crippen LogP contribution in [0.2, 0.25) is 10.0 Å². The van der Waals surface area contributed by atoms with Crippen LogP contribution in [0.5, 0.6) is 5.75 Å². The van der Waals surface area contributed by atoms with Gasteiger partial charge >= 0.3 is 10.8 Å². The minimum atomic E-state index is -0.949. The van der Waals surface area contributed by atoms with Gasteiger partial charge in [0.1, 0.15) is 17.5 Å². The molecule has 1 saturated heterocycles. The molecular formula is C31H23Cl2N3O7S2. The molecule has 6 rings (SSSR count). The van der Waals surface area contributed by atoms with E-state index in [0.29, 0.717) is 21.2 Å². The standard InChI is InChI=1S/C31H23Cl2N3O7S2/c1-2-43-30(41)15-6-10-17(11-7-15)36-27(39)23-22(19-4-3-5-20(32)24(19)33)26-29(44-25(23)28(36)40)35(31(42)45-26)14-21(38)34-16-8-12-18(37)13-9-16/h3-13,22-23,25,37H,2,14H2,1H3,(H,34,38)/t22-,23-,25+/m0/s1. The third kappa shape index (κ3) is 5.63. The number of ether oxygens (including phenoxy) is 1. The highest BCUT2D eigenvalue weighted by molar-refractivity contribution is 8.00. The maximum Gasteiger partial charge on any atom is 0.338 e. The van der Waals surface area contributed by atoms with Gasteiger partial charge in [-0.25, -0.2) is 9.69 Å². The average Bonchev–Trinajstić information content (AvgIpc) is 3.46. The van der Waals surface area contributed by atoms with E-state index < -0.39 is 45.6 Å². The second-order valence-corrected chi connectivity index (χ2v) is 13.1. The number of hydrogen-bond acceptors (Lipinski definition) is 9. The molecule has 1 aromatic heterocycles. The Balaban J connectivity index is 1.39. The number of benzene rings is 3. The lowest BCUT2D eigenvalue weighted by Crippen LogP contribution is -2.33. The van der Waals surface area contributed by atoms with Gasteiger partial charge < -0.3 is 15.2 Å². The summed E-state index contributed by atoms with van der Waals surface area (Å²) in [4.78, 5) is 67.7. The number of nitrogens with one attached hydrogen (secondary N) is 1. The molecule has 45 heavy (non-hydrogen) atoms. The predicted molar refractivity (Wildman–Crippen MR) is 172 cm³/mol. The van der Waals surface area contributed by atoms with Crippen molar-refractivity contribution < 1.29 is 29.0 Å². The van der Waals surface area contributed by atoms with Crippen LogP contribution in [0, 0.1) is 5.92 Å². The number of aromatic hydroxyl groups is 1. The number of halogens is 2. The number of nitrogens with zero attached hydrogens (tertiary/aromatic N) is 2. The number of anilines is 2. The molecule has 0 bridgehead atoms. The first-order chi connectivity index (χ1) is 21.6. The van der Waals surface area contributed by atoms with Crippen molar-refractivity contribution in [3.63, 3.8) is 0 Å². The van der Waals surface area contributed by atoms with Crippen molar-refractivity contribution in [1.82, 2.24) is 4.57 Å². The number of hydrogen-bond donors (Lipinski definition) is 2. The van der Waals surface area contributed by atoms with E-state index in [1.807, 2.05) is 0 Å². The van der Waals surface area contributed by atoms with Crippen molar-refractivity contribution in [2.75, 3.05) is 16.8 Å². The van der Waals surface area contributed by atoms with Crippen molar-refractivity contribution in [2.45, 2.75) is 29.7 Å². The fraction of sp³-hybridized carbons (Fsp3) is 0.194. The van der Waals surface area contributed by atoms with Gasteiger partial charge in [-0.15, -0.1) is 0 Å². The highest BCUT2D eigenvalue weighted by Crippen LogP contribution is 2.55. The smallest absolute Gasteiger partial charge is 0.338 e. The third-order valence-electron chi connectivity index (χ3n) is 7.46. The molecule has 1 fully saturated rings. The Kier molecular flexibility index (Phi) is 8.49. The zero-order valence-corrected chi connectivity index (χ0v) is 26.5. The molecular weight excluding hydrogens is 661 g/mol. The number of phenols is 1. The van der Waals surface area contributed by atoms with Gasteiger partial charge in [-0.1, -0.05) is 58.4 Å². The minimum Gasteiger partial charge on any atom is -0.508 e. The van der Waals surface area contributed by atoms with Crippen LogP contribution in [0.3, 0.4) is 0 Å². The molecule has 230 valence electrons. The molecule has 4 aromatic rings. The molecule has 0 spiro atoms. The highest BCUT2D eigenvalue weighted by Gasteiger charge is 2.57. The van der Waals surface area contributed by atoms with Gasteiger partial charge in [0.25, 0.3) is 0 Å². The summed E-state index contributed by atoms with van der Waals surface area (Å²) in [6, 6.07) is 16.8. The largest absolute Gasteiger partial charge is 0.508 e. The fourth-order valence-corrected chi connectivity index (χ4v) is 8.64. The maximum atomic E-state index is 14.1. The molecule has 3 aromatic carbocycles. The SMILES string of the molecule is CCOC(=O)c1ccc(N2C(=O)[C@H]3[C@H](c4cccc(Cl)c4Cl)c4sc(=O)n(CC(=O)Nc5ccc(O)cc5)c4S[C@H]3C2=O)cc1. The number of imide groups is 1. The van der Waals surface area contributed by atoms with E-state index in [1.54, 1.807) is 25.1 Å². The molecule has 0 aliphatic carbocycles. The number of amides is 3. The molecule has 14 heteroatoms. The van der Waals surface area contributed by atoms with Crippen LogP contribution in [0.1, 0.15) is 33.6 Å². The molecule has 10 nitrogen and oxygen atoms in total. The van der Waals surface area contributed by atoms with E-state index in [1.165, 1.54) is 53.1 Å². The van der Waals surface area contributed by atoms with Gasteiger partial charge in [0.2, 0.25) is 17.7 Å². The van der Waals surface area contributed by atoms with Crippen molar-refractivity contribution >= 4 is 81.4 Å². The number of carbonyl (C=O) groups excluding carboxylic acids is 4. The van der Waals surface area contributed by atoms with Gasteiger partial charge in [0.15, 0.2) is 0 Å². The number of aromatic nitrogens is 1. The summed E-state index contributed by atoms with van der Waals surface area (Å²) in [6.07, 6.45) is 0. The monoisotopic (exact) mass is 683 g/mol. The lowest BCUT2D eigenvalue weighted by Gasteiger charge is -2.31. The number of thiazole rings is 1. The van der Waals surface area contributed by atoms with Gasteiger partial charge in [-0.2, -0.15) is 0 Å². The fourth-order valence-electron chi connectivity index (χ4n) is 5.46. The summed E-state index contributed by atoms with van der Waals surface area (Å²) >= 11 is 15.0. The van der Waals surface area contributed by atoms with Crippen molar-refractivity contribution in [3.8, 4) is 5.75 Å². The molecule has 3 atom stereocenters. The van der Waals surface area contributed by atoms with Crippen molar-refractivity contribution in [3.05, 3.63) is 102 Å². The van der Waals surface area contributed by atoms with Crippen LogP contribution in [0.15, 0.2) is 76.6 Å². The van der Waals surface area contributed by atoms with Gasteiger partial charge in [-0.3, -0.25) is 23.7 Å². The lowest BCUT2D eigenvalue weighted by atomic mass is 9.83. The quantitative estimate of drug-likeness (QED) is 0.147. The third-order valence-corrected chi connectivity index (χ3v) is 10.9. The zero-order valence-electron chi connectivity index (χ0n) is 23.4. The zero-order chi connectivity index (χ0) is 32.0. The number of thioether (sulfide) groups is 1. The first kappa shape index (κ1) is 30.9. The molecule has 2 aliphatic heterocycles.